The Labute approximate surface area is 126 Å². The lowest BCUT2D eigenvalue weighted by Crippen LogP contribution is -2.40. The van der Waals surface area contributed by atoms with Gasteiger partial charge in [-0.05, 0) is 52.3 Å². The zero-order valence-corrected chi connectivity index (χ0v) is 13.4. The second-order valence-corrected chi connectivity index (χ2v) is 5.82. The van der Waals surface area contributed by atoms with Crippen molar-refractivity contribution in [3.8, 4) is 0 Å². The maximum absolute atomic E-state index is 12.3. The van der Waals surface area contributed by atoms with E-state index in [1.807, 2.05) is 13.8 Å². The molecule has 2 N–H and O–H groups in total. The third-order valence-electron chi connectivity index (χ3n) is 4.42. The maximum atomic E-state index is 12.3. The van der Waals surface area contributed by atoms with Crippen molar-refractivity contribution in [1.82, 2.24) is 15.2 Å². The van der Waals surface area contributed by atoms with Crippen LogP contribution in [0.4, 0.5) is 0 Å². The quantitative estimate of drug-likeness (QED) is 0.816. The monoisotopic (exact) mass is 291 g/mol. The molecule has 0 spiro atoms. The van der Waals surface area contributed by atoms with Gasteiger partial charge in [-0.15, -0.1) is 0 Å². The Balaban J connectivity index is 2.04. The van der Waals surface area contributed by atoms with E-state index >= 15 is 0 Å². The van der Waals surface area contributed by atoms with Crippen molar-refractivity contribution in [3.05, 3.63) is 22.5 Å². The molecule has 0 saturated carbocycles. The molecule has 1 aliphatic heterocycles. The Hall–Kier alpha value is -1.62. The van der Waals surface area contributed by atoms with Crippen molar-refractivity contribution in [1.29, 1.82) is 0 Å². The zero-order valence-electron chi connectivity index (χ0n) is 13.4. The number of aromatic amines is 1. The van der Waals surface area contributed by atoms with Crippen molar-refractivity contribution < 1.29 is 9.59 Å². The maximum Gasteiger partial charge on any atom is 0.268 e. The Morgan fingerprint density at radius 3 is 2.67 bits per heavy atom. The second-order valence-electron chi connectivity index (χ2n) is 5.82. The Kier molecular flexibility index (Phi) is 4.83. The lowest BCUT2D eigenvalue weighted by Gasteiger charge is -2.22. The Morgan fingerprint density at radius 2 is 2.10 bits per heavy atom. The molecule has 5 nitrogen and oxygen atoms in total. The van der Waals surface area contributed by atoms with Gasteiger partial charge in [0.1, 0.15) is 5.69 Å². The molecule has 2 heterocycles. The fourth-order valence-corrected chi connectivity index (χ4v) is 3.35. The van der Waals surface area contributed by atoms with E-state index in [1.165, 1.54) is 13.3 Å². The minimum absolute atomic E-state index is 0.00625. The number of likely N-dealkylation sites (tertiary alicyclic amines) is 1. The fourth-order valence-electron chi connectivity index (χ4n) is 3.35. The van der Waals surface area contributed by atoms with Crippen molar-refractivity contribution in [2.45, 2.75) is 46.6 Å². The third-order valence-corrected chi connectivity index (χ3v) is 4.42. The summed E-state index contributed by atoms with van der Waals surface area (Å²) in [6, 6.07) is 0.433. The number of aryl methyl sites for hydroxylation is 1. The van der Waals surface area contributed by atoms with Crippen LogP contribution >= 0.6 is 0 Å². The Morgan fingerprint density at radius 1 is 1.38 bits per heavy atom. The molecule has 1 saturated heterocycles. The molecule has 0 bridgehead atoms. The van der Waals surface area contributed by atoms with Crippen LogP contribution in [-0.2, 0) is 0 Å². The third kappa shape index (κ3) is 3.18. The highest BCUT2D eigenvalue weighted by molar-refractivity contribution is 6.02. The molecule has 1 aromatic rings. The number of H-pyrrole nitrogens is 1. The first kappa shape index (κ1) is 15.8. The number of Topliss-reactive ketones (excluding diaryl/α,β-unsaturated/α-hetero) is 1. The standard InChI is InChI=1S/C16H25N3O2/c1-5-19-8-6-7-13(19)9-17-16(21)15-10(2)14(12(4)20)11(3)18-15/h13,18H,5-9H2,1-4H3,(H,17,21). The number of likely N-dealkylation sites (N-methyl/N-ethyl adjacent to an activating group) is 1. The molecular weight excluding hydrogens is 266 g/mol. The minimum atomic E-state index is -0.119. The molecule has 1 amide bonds. The van der Waals surface area contributed by atoms with E-state index < -0.39 is 0 Å². The number of aromatic nitrogens is 1. The van der Waals surface area contributed by atoms with Crippen molar-refractivity contribution >= 4 is 11.7 Å². The smallest absolute Gasteiger partial charge is 0.268 e. The van der Waals surface area contributed by atoms with E-state index in [2.05, 4.69) is 22.1 Å². The molecule has 0 aromatic carbocycles. The van der Waals surface area contributed by atoms with Gasteiger partial charge in [-0.3, -0.25) is 14.5 Å². The van der Waals surface area contributed by atoms with Crippen LogP contribution in [0, 0.1) is 13.8 Å². The average molecular weight is 291 g/mol. The fraction of sp³-hybridized carbons (Fsp3) is 0.625. The van der Waals surface area contributed by atoms with Crippen LogP contribution in [0.25, 0.3) is 0 Å². The van der Waals surface area contributed by atoms with Crippen LogP contribution < -0.4 is 5.32 Å². The van der Waals surface area contributed by atoms with Gasteiger partial charge < -0.3 is 10.3 Å². The van der Waals surface area contributed by atoms with Crippen LogP contribution in [0.2, 0.25) is 0 Å². The molecule has 1 aromatic heterocycles. The van der Waals surface area contributed by atoms with E-state index in [0.29, 0.717) is 23.8 Å². The van der Waals surface area contributed by atoms with Gasteiger partial charge >= 0.3 is 0 Å². The van der Waals surface area contributed by atoms with Gasteiger partial charge in [-0.1, -0.05) is 6.92 Å². The van der Waals surface area contributed by atoms with Crippen LogP contribution in [0.5, 0.6) is 0 Å². The predicted molar refractivity (Wildman–Crippen MR) is 82.9 cm³/mol. The summed E-state index contributed by atoms with van der Waals surface area (Å²) < 4.78 is 0. The van der Waals surface area contributed by atoms with Gasteiger partial charge in [0, 0.05) is 23.8 Å². The summed E-state index contributed by atoms with van der Waals surface area (Å²) in [5.74, 6) is -0.126. The SMILES string of the molecule is CCN1CCCC1CNC(=O)c1[nH]c(C)c(C(C)=O)c1C. The van der Waals surface area contributed by atoms with E-state index in [0.717, 1.165) is 30.8 Å². The number of amides is 1. The summed E-state index contributed by atoms with van der Waals surface area (Å²) in [6.45, 7) is 10.1. The summed E-state index contributed by atoms with van der Waals surface area (Å²) >= 11 is 0. The topological polar surface area (TPSA) is 65.2 Å². The van der Waals surface area contributed by atoms with Gasteiger partial charge in [0.15, 0.2) is 5.78 Å². The molecule has 0 aliphatic carbocycles. The molecule has 21 heavy (non-hydrogen) atoms. The summed E-state index contributed by atoms with van der Waals surface area (Å²) in [5, 5.41) is 3.00. The number of nitrogens with one attached hydrogen (secondary N) is 2. The number of carbonyl (C=O) groups excluding carboxylic acids is 2. The molecule has 0 radical (unpaired) electrons. The largest absolute Gasteiger partial charge is 0.354 e. The van der Waals surface area contributed by atoms with Gasteiger partial charge in [-0.25, -0.2) is 0 Å². The number of carbonyl (C=O) groups is 2. The second kappa shape index (κ2) is 6.43. The molecular formula is C16H25N3O2. The summed E-state index contributed by atoms with van der Waals surface area (Å²) in [7, 11) is 0. The van der Waals surface area contributed by atoms with Crippen molar-refractivity contribution in [2.24, 2.45) is 0 Å². The molecule has 1 unspecified atom stereocenters. The van der Waals surface area contributed by atoms with E-state index in [-0.39, 0.29) is 11.7 Å². The number of ketones is 1. The highest BCUT2D eigenvalue weighted by Gasteiger charge is 2.25. The number of rotatable bonds is 5. The molecule has 2 rings (SSSR count). The van der Waals surface area contributed by atoms with Crippen molar-refractivity contribution in [3.63, 3.8) is 0 Å². The van der Waals surface area contributed by atoms with E-state index in [4.69, 9.17) is 0 Å². The zero-order chi connectivity index (χ0) is 15.6. The summed E-state index contributed by atoms with van der Waals surface area (Å²) in [5.41, 5.74) is 2.66. The molecule has 1 atom stereocenters. The van der Waals surface area contributed by atoms with Crippen LogP contribution in [0.15, 0.2) is 0 Å². The first-order chi connectivity index (χ1) is 9.95. The lowest BCUT2D eigenvalue weighted by atomic mass is 10.1. The number of hydrogen-bond donors (Lipinski definition) is 2. The number of nitrogens with zero attached hydrogens (tertiary/aromatic N) is 1. The molecule has 116 valence electrons. The molecule has 1 aliphatic rings. The van der Waals surface area contributed by atoms with E-state index in [1.54, 1.807) is 0 Å². The summed E-state index contributed by atoms with van der Waals surface area (Å²) in [4.78, 5) is 29.4. The molecule has 5 heteroatoms. The van der Waals surface area contributed by atoms with Gasteiger partial charge in [0.2, 0.25) is 0 Å². The van der Waals surface area contributed by atoms with Gasteiger partial charge in [0.05, 0.1) is 0 Å². The van der Waals surface area contributed by atoms with Crippen molar-refractivity contribution in [2.75, 3.05) is 19.6 Å². The first-order valence-electron chi connectivity index (χ1n) is 7.68. The van der Waals surface area contributed by atoms with E-state index in [9.17, 15) is 9.59 Å². The number of hydrogen-bond acceptors (Lipinski definition) is 3. The molecule has 1 fully saturated rings. The van der Waals surface area contributed by atoms with Crippen LogP contribution in [0.1, 0.15) is 58.8 Å². The highest BCUT2D eigenvalue weighted by atomic mass is 16.2. The Bertz CT molecular complexity index is 548. The normalized spacial score (nSPS) is 19.0. The first-order valence-corrected chi connectivity index (χ1v) is 7.68. The van der Waals surface area contributed by atoms with Crippen LogP contribution in [0.3, 0.4) is 0 Å². The highest BCUT2D eigenvalue weighted by Crippen LogP contribution is 2.19. The summed E-state index contributed by atoms with van der Waals surface area (Å²) in [6.07, 6.45) is 2.33. The lowest BCUT2D eigenvalue weighted by molar-refractivity contribution is 0.0936. The van der Waals surface area contributed by atoms with Crippen LogP contribution in [-0.4, -0.2) is 47.3 Å². The van der Waals surface area contributed by atoms with Gasteiger partial charge in [0.25, 0.3) is 5.91 Å². The van der Waals surface area contributed by atoms with Gasteiger partial charge in [-0.2, -0.15) is 0 Å². The minimum Gasteiger partial charge on any atom is -0.354 e. The predicted octanol–water partition coefficient (Wildman–Crippen LogP) is 2.05. The average Bonchev–Trinajstić information content (AvgIpc) is 2.99.